The van der Waals surface area contributed by atoms with Crippen LogP contribution in [0.1, 0.15) is 42.1 Å². The number of ketones is 1. The van der Waals surface area contributed by atoms with Crippen molar-refractivity contribution < 1.29 is 29.1 Å². The van der Waals surface area contributed by atoms with Crippen molar-refractivity contribution >= 4 is 23.9 Å². The molecule has 8 nitrogen and oxygen atoms in total. The van der Waals surface area contributed by atoms with E-state index in [0.717, 1.165) is 6.08 Å². The van der Waals surface area contributed by atoms with Crippen LogP contribution in [0.3, 0.4) is 0 Å². The molecule has 1 aliphatic rings. The molecule has 0 saturated carbocycles. The van der Waals surface area contributed by atoms with Gasteiger partial charge in [-0.1, -0.05) is 6.07 Å². The molecule has 0 unspecified atom stereocenters. The van der Waals surface area contributed by atoms with Crippen LogP contribution in [0.5, 0.6) is 5.75 Å². The second-order valence-electron chi connectivity index (χ2n) is 5.98. The molecule has 1 aromatic carbocycles. The number of hydroxylamine groups is 1. The Labute approximate surface area is 157 Å². The van der Waals surface area contributed by atoms with Gasteiger partial charge in [-0.15, -0.1) is 0 Å². The van der Waals surface area contributed by atoms with Gasteiger partial charge in [-0.3, -0.25) is 14.8 Å². The predicted molar refractivity (Wildman–Crippen MR) is 97.7 cm³/mol. The van der Waals surface area contributed by atoms with Crippen molar-refractivity contribution in [3.63, 3.8) is 0 Å². The summed E-state index contributed by atoms with van der Waals surface area (Å²) in [5.74, 6) is -0.279. The van der Waals surface area contributed by atoms with Crippen LogP contribution in [-0.4, -0.2) is 54.2 Å². The molecule has 0 aliphatic carbocycles. The number of hydrogen-bond donors (Lipinski definition) is 2. The summed E-state index contributed by atoms with van der Waals surface area (Å²) in [5.41, 5.74) is 2.58. The second kappa shape index (κ2) is 10.3. The number of nitrogens with zero attached hydrogens (tertiary/aromatic N) is 1. The van der Waals surface area contributed by atoms with Gasteiger partial charge in [0.15, 0.2) is 5.78 Å². The van der Waals surface area contributed by atoms with Gasteiger partial charge >= 0.3 is 6.09 Å². The predicted octanol–water partition coefficient (Wildman–Crippen LogP) is 2.41. The van der Waals surface area contributed by atoms with E-state index in [2.05, 4.69) is 0 Å². The minimum Gasteiger partial charge on any atom is -0.493 e. The van der Waals surface area contributed by atoms with E-state index in [-0.39, 0.29) is 18.3 Å². The van der Waals surface area contributed by atoms with E-state index in [1.165, 1.54) is 11.6 Å². The summed E-state index contributed by atoms with van der Waals surface area (Å²) in [6.45, 7) is 3.36. The van der Waals surface area contributed by atoms with E-state index >= 15 is 0 Å². The molecule has 27 heavy (non-hydrogen) atoms. The van der Waals surface area contributed by atoms with E-state index in [1.807, 2.05) is 0 Å². The molecule has 0 bridgehead atoms. The molecule has 1 aromatic rings. The van der Waals surface area contributed by atoms with Gasteiger partial charge in [0.2, 0.25) is 0 Å². The average Bonchev–Trinajstić information content (AvgIpc) is 2.71. The maximum atomic E-state index is 12.6. The molecule has 0 aromatic heterocycles. The van der Waals surface area contributed by atoms with Gasteiger partial charge in [-0.05, 0) is 43.5 Å². The zero-order chi connectivity index (χ0) is 19.6. The van der Waals surface area contributed by atoms with Crippen molar-refractivity contribution in [3.8, 4) is 5.75 Å². The van der Waals surface area contributed by atoms with Gasteiger partial charge in [-0.2, -0.15) is 0 Å². The highest BCUT2D eigenvalue weighted by Gasteiger charge is 2.19. The second-order valence-corrected chi connectivity index (χ2v) is 5.98. The largest absolute Gasteiger partial charge is 0.493 e. The number of benzene rings is 1. The van der Waals surface area contributed by atoms with Crippen LogP contribution in [0.2, 0.25) is 0 Å². The Morgan fingerprint density at radius 2 is 2.11 bits per heavy atom. The Morgan fingerprint density at radius 1 is 1.33 bits per heavy atom. The van der Waals surface area contributed by atoms with E-state index in [0.29, 0.717) is 56.0 Å². The molecule has 146 valence electrons. The highest BCUT2D eigenvalue weighted by molar-refractivity contribution is 5.99. The average molecular weight is 376 g/mol. The number of rotatable bonds is 3. The van der Waals surface area contributed by atoms with Crippen molar-refractivity contribution in [1.29, 1.82) is 0 Å². The van der Waals surface area contributed by atoms with Crippen LogP contribution in [0.25, 0.3) is 6.08 Å². The molecule has 1 aliphatic heterocycles. The lowest BCUT2D eigenvalue weighted by Crippen LogP contribution is -2.34. The maximum Gasteiger partial charge on any atom is 0.409 e. The van der Waals surface area contributed by atoms with Crippen LogP contribution in [0.4, 0.5) is 4.79 Å². The highest BCUT2D eigenvalue weighted by atomic mass is 16.6. The van der Waals surface area contributed by atoms with Crippen LogP contribution in [0.15, 0.2) is 24.3 Å². The Bertz CT molecular complexity index is 716. The number of Topliss-reactive ketones (excluding diaryl/α,β-unsaturated/α-hetero) is 1. The molecule has 0 fully saturated rings. The summed E-state index contributed by atoms with van der Waals surface area (Å²) in [6.07, 6.45) is 3.67. The quantitative estimate of drug-likeness (QED) is 0.477. The molecular formula is C19H24N2O6. The summed E-state index contributed by atoms with van der Waals surface area (Å²) in [4.78, 5) is 37.3. The van der Waals surface area contributed by atoms with Gasteiger partial charge in [0.25, 0.3) is 5.91 Å². The minimum absolute atomic E-state index is 0.0995. The minimum atomic E-state index is -0.659. The van der Waals surface area contributed by atoms with Crippen molar-refractivity contribution in [1.82, 2.24) is 10.4 Å². The first-order valence-electron chi connectivity index (χ1n) is 8.89. The van der Waals surface area contributed by atoms with E-state index < -0.39 is 5.91 Å². The third-order valence-corrected chi connectivity index (χ3v) is 4.03. The first kappa shape index (κ1) is 20.4. The van der Waals surface area contributed by atoms with E-state index in [9.17, 15) is 14.4 Å². The number of hydrogen-bond acceptors (Lipinski definition) is 6. The van der Waals surface area contributed by atoms with Crippen molar-refractivity contribution in [2.75, 3.05) is 26.3 Å². The molecule has 2 rings (SSSR count). The molecule has 0 spiro atoms. The summed E-state index contributed by atoms with van der Waals surface area (Å²) >= 11 is 0. The summed E-state index contributed by atoms with van der Waals surface area (Å²) in [7, 11) is 0. The van der Waals surface area contributed by atoms with Gasteiger partial charge in [-0.25, -0.2) is 10.3 Å². The number of ether oxygens (including phenoxy) is 2. The maximum absolute atomic E-state index is 12.6. The number of fused-ring (bicyclic) bond motifs is 1. The van der Waals surface area contributed by atoms with Gasteiger partial charge < -0.3 is 14.4 Å². The Balaban J connectivity index is 2.15. The van der Waals surface area contributed by atoms with E-state index in [1.54, 1.807) is 30.0 Å². The molecule has 2 amide bonds. The smallest absolute Gasteiger partial charge is 0.409 e. The zero-order valence-electron chi connectivity index (χ0n) is 15.3. The Morgan fingerprint density at radius 3 is 2.85 bits per heavy atom. The summed E-state index contributed by atoms with van der Waals surface area (Å²) < 4.78 is 10.8. The molecular weight excluding hydrogens is 352 g/mol. The van der Waals surface area contributed by atoms with Crippen molar-refractivity contribution in [3.05, 3.63) is 35.4 Å². The first-order chi connectivity index (χ1) is 13.0. The lowest BCUT2D eigenvalue weighted by molar-refractivity contribution is -0.124. The highest BCUT2D eigenvalue weighted by Crippen LogP contribution is 2.24. The molecule has 0 atom stereocenters. The van der Waals surface area contributed by atoms with Crippen molar-refractivity contribution in [2.24, 2.45) is 0 Å². The van der Waals surface area contributed by atoms with Gasteiger partial charge in [0.05, 0.1) is 18.8 Å². The lowest BCUT2D eigenvalue weighted by Gasteiger charge is -2.21. The molecule has 0 saturated heterocycles. The molecule has 1 heterocycles. The van der Waals surface area contributed by atoms with Gasteiger partial charge in [0, 0.05) is 25.6 Å². The number of carbonyl (C=O) groups is 3. The molecule has 2 N–H and O–H groups in total. The van der Waals surface area contributed by atoms with Crippen LogP contribution in [-0.2, 0) is 9.53 Å². The Hall–Kier alpha value is -2.87. The summed E-state index contributed by atoms with van der Waals surface area (Å²) in [5, 5.41) is 8.53. The number of nitrogens with one attached hydrogen (secondary N) is 1. The van der Waals surface area contributed by atoms with Crippen LogP contribution >= 0.6 is 0 Å². The van der Waals surface area contributed by atoms with E-state index in [4.69, 9.17) is 14.7 Å². The number of carbonyl (C=O) groups excluding carboxylic acids is 3. The van der Waals surface area contributed by atoms with Crippen LogP contribution < -0.4 is 10.2 Å². The van der Waals surface area contributed by atoms with Crippen LogP contribution in [0, 0.1) is 0 Å². The third kappa shape index (κ3) is 6.10. The first-order valence-corrected chi connectivity index (χ1v) is 8.89. The topological polar surface area (TPSA) is 105 Å². The monoisotopic (exact) mass is 376 g/mol. The fourth-order valence-corrected chi connectivity index (χ4v) is 2.72. The SMILES string of the molecule is CCOC(=O)N1CCCOc2ccc(C=CC(=O)NO)cc2C(=O)CCC1. The number of amides is 2. The normalized spacial score (nSPS) is 15.5. The van der Waals surface area contributed by atoms with Gasteiger partial charge in [0.1, 0.15) is 5.75 Å². The Kier molecular flexibility index (Phi) is 7.81. The van der Waals surface area contributed by atoms with Crippen molar-refractivity contribution in [2.45, 2.75) is 26.2 Å². The summed E-state index contributed by atoms with van der Waals surface area (Å²) in [6, 6.07) is 5.06. The zero-order valence-corrected chi connectivity index (χ0v) is 15.3. The fraction of sp³-hybridized carbons (Fsp3) is 0.421. The lowest BCUT2D eigenvalue weighted by atomic mass is 10.0. The molecule has 8 heteroatoms. The third-order valence-electron chi connectivity index (χ3n) is 4.03. The molecule has 0 radical (unpaired) electrons. The standard InChI is InChI=1S/C19H24N2O6/c1-2-26-19(24)21-10-3-5-16(22)15-13-14(7-9-18(23)20-25)6-8-17(15)27-12-4-11-21/h6-9,13,25H,2-5,10-12H2,1H3,(H,20,23). The fourth-order valence-electron chi connectivity index (χ4n) is 2.72.